The van der Waals surface area contributed by atoms with Crippen molar-refractivity contribution in [2.75, 3.05) is 6.61 Å². The molecule has 0 aliphatic rings. The fraction of sp³-hybridized carbons (Fsp3) is 0.150. The Bertz CT molecular complexity index is 1020. The number of aromatic amines is 1. The highest BCUT2D eigenvalue weighted by Crippen LogP contribution is 2.14. The normalized spacial score (nSPS) is 10.6. The number of rotatable bonds is 4. The Kier molecular flexibility index (Phi) is 4.48. The first-order chi connectivity index (χ1) is 12.0. The van der Waals surface area contributed by atoms with E-state index >= 15 is 0 Å². The van der Waals surface area contributed by atoms with E-state index in [9.17, 15) is 14.4 Å². The lowest BCUT2D eigenvalue weighted by atomic mass is 10.0. The molecule has 2 aromatic carbocycles. The predicted molar refractivity (Wildman–Crippen MR) is 95.1 cm³/mol. The molecule has 25 heavy (non-hydrogen) atoms. The summed E-state index contributed by atoms with van der Waals surface area (Å²) in [5.41, 5.74) is 1.93. The second-order valence-electron chi connectivity index (χ2n) is 5.71. The number of nitrogens with one attached hydrogen (secondary N) is 1. The van der Waals surface area contributed by atoms with Crippen LogP contribution in [0.5, 0.6) is 0 Å². The van der Waals surface area contributed by atoms with Crippen molar-refractivity contribution in [3.63, 3.8) is 0 Å². The summed E-state index contributed by atoms with van der Waals surface area (Å²) in [5, 5.41) is 0.281. The number of hydrogen-bond acceptors (Lipinski definition) is 4. The Balaban J connectivity index is 2.09. The van der Waals surface area contributed by atoms with Gasteiger partial charge in [0.15, 0.2) is 5.78 Å². The first-order valence-electron chi connectivity index (χ1n) is 7.95. The van der Waals surface area contributed by atoms with Gasteiger partial charge in [-0.05, 0) is 32.0 Å². The van der Waals surface area contributed by atoms with E-state index in [1.165, 1.54) is 12.3 Å². The van der Waals surface area contributed by atoms with Crippen LogP contribution >= 0.6 is 0 Å². The summed E-state index contributed by atoms with van der Waals surface area (Å²) in [5.74, 6) is -0.858. The smallest absolute Gasteiger partial charge is 0.338 e. The van der Waals surface area contributed by atoms with Gasteiger partial charge in [-0.25, -0.2) is 4.79 Å². The number of benzene rings is 2. The van der Waals surface area contributed by atoms with Crippen molar-refractivity contribution in [1.82, 2.24) is 4.98 Å². The predicted octanol–water partition coefficient (Wildman–Crippen LogP) is 3.24. The number of H-pyrrole nitrogens is 1. The van der Waals surface area contributed by atoms with Gasteiger partial charge < -0.3 is 9.72 Å². The third-order valence-electron chi connectivity index (χ3n) is 3.95. The molecule has 0 amide bonds. The molecule has 0 radical (unpaired) electrons. The molecule has 0 saturated carbocycles. The van der Waals surface area contributed by atoms with E-state index in [0.717, 1.165) is 5.56 Å². The molecule has 0 fully saturated rings. The second kappa shape index (κ2) is 6.73. The molecule has 126 valence electrons. The number of carbonyl (C=O) groups excluding carboxylic acids is 2. The molecule has 1 N–H and O–H groups in total. The summed E-state index contributed by atoms with van der Waals surface area (Å²) in [6.07, 6.45) is 1.41. The first-order valence-corrected chi connectivity index (χ1v) is 7.95. The van der Waals surface area contributed by atoms with Crippen molar-refractivity contribution in [2.24, 2.45) is 0 Å². The maximum atomic E-state index is 12.7. The lowest BCUT2D eigenvalue weighted by molar-refractivity contribution is 0.0526. The fourth-order valence-electron chi connectivity index (χ4n) is 2.59. The number of carbonyl (C=O) groups is 2. The van der Waals surface area contributed by atoms with Crippen LogP contribution in [0.25, 0.3) is 10.9 Å². The number of ketones is 1. The maximum Gasteiger partial charge on any atom is 0.338 e. The molecule has 3 aromatic rings. The number of pyridine rings is 1. The van der Waals surface area contributed by atoms with E-state index < -0.39 is 11.4 Å². The lowest BCUT2D eigenvalue weighted by Gasteiger charge is -2.06. The Morgan fingerprint density at radius 1 is 1.04 bits per heavy atom. The molecular weight excluding hydrogens is 318 g/mol. The number of hydrogen-bond donors (Lipinski definition) is 1. The van der Waals surface area contributed by atoms with Crippen molar-refractivity contribution in [3.05, 3.63) is 81.1 Å². The van der Waals surface area contributed by atoms with Crippen LogP contribution in [0.1, 0.15) is 38.8 Å². The van der Waals surface area contributed by atoms with Crippen LogP contribution in [0.15, 0.2) is 53.5 Å². The van der Waals surface area contributed by atoms with E-state index in [1.54, 1.807) is 31.2 Å². The van der Waals surface area contributed by atoms with E-state index in [0.29, 0.717) is 11.1 Å². The largest absolute Gasteiger partial charge is 0.462 e. The molecule has 0 atom stereocenters. The van der Waals surface area contributed by atoms with Gasteiger partial charge in [-0.15, -0.1) is 0 Å². The van der Waals surface area contributed by atoms with Crippen molar-refractivity contribution in [2.45, 2.75) is 13.8 Å². The Morgan fingerprint density at radius 2 is 1.72 bits per heavy atom. The quantitative estimate of drug-likeness (QED) is 0.586. The molecule has 0 aliphatic carbocycles. The fourth-order valence-corrected chi connectivity index (χ4v) is 2.59. The van der Waals surface area contributed by atoms with Crippen molar-refractivity contribution < 1.29 is 14.3 Å². The van der Waals surface area contributed by atoms with Gasteiger partial charge in [-0.3, -0.25) is 9.59 Å². The molecule has 0 spiro atoms. The number of aryl methyl sites for hydroxylation is 1. The molecule has 1 heterocycles. The van der Waals surface area contributed by atoms with Gasteiger partial charge >= 0.3 is 5.97 Å². The molecule has 0 unspecified atom stereocenters. The van der Waals surface area contributed by atoms with Gasteiger partial charge in [-0.1, -0.05) is 29.8 Å². The summed E-state index contributed by atoms with van der Waals surface area (Å²) >= 11 is 0. The first kappa shape index (κ1) is 16.6. The van der Waals surface area contributed by atoms with Gasteiger partial charge in [0.1, 0.15) is 0 Å². The van der Waals surface area contributed by atoms with Gasteiger partial charge in [0.2, 0.25) is 5.43 Å². The van der Waals surface area contributed by atoms with Gasteiger partial charge in [0.25, 0.3) is 0 Å². The topological polar surface area (TPSA) is 76.2 Å². The van der Waals surface area contributed by atoms with Crippen molar-refractivity contribution >= 4 is 22.7 Å². The van der Waals surface area contributed by atoms with E-state index in [-0.39, 0.29) is 28.9 Å². The van der Waals surface area contributed by atoms with Crippen LogP contribution in [0.2, 0.25) is 0 Å². The molecule has 0 bridgehead atoms. The summed E-state index contributed by atoms with van der Waals surface area (Å²) in [4.78, 5) is 40.2. The highest BCUT2D eigenvalue weighted by molar-refractivity contribution is 6.10. The second-order valence-corrected chi connectivity index (χ2v) is 5.71. The molecule has 5 heteroatoms. The monoisotopic (exact) mass is 335 g/mol. The van der Waals surface area contributed by atoms with Gasteiger partial charge in [0.05, 0.1) is 17.7 Å². The van der Waals surface area contributed by atoms with Crippen LogP contribution < -0.4 is 5.43 Å². The molecular formula is C20H17NO4. The average molecular weight is 335 g/mol. The van der Waals surface area contributed by atoms with E-state index in [1.807, 2.05) is 19.1 Å². The molecule has 0 aliphatic heterocycles. The number of ether oxygens (including phenoxy) is 1. The van der Waals surface area contributed by atoms with Gasteiger partial charge in [0, 0.05) is 22.7 Å². The summed E-state index contributed by atoms with van der Waals surface area (Å²) < 4.78 is 4.96. The van der Waals surface area contributed by atoms with Gasteiger partial charge in [-0.2, -0.15) is 0 Å². The van der Waals surface area contributed by atoms with E-state index in [2.05, 4.69) is 4.98 Å². The third kappa shape index (κ3) is 3.21. The minimum Gasteiger partial charge on any atom is -0.462 e. The van der Waals surface area contributed by atoms with Crippen LogP contribution in [0, 0.1) is 6.92 Å². The standard InChI is InChI=1S/C20H17NO4/c1-3-25-20(24)14-8-9-17-15(10-14)19(23)16(11-21-17)18(22)13-6-4-12(2)5-7-13/h4-11H,3H2,1-2H3,(H,21,23). The average Bonchev–Trinajstić information content (AvgIpc) is 2.62. The summed E-state index contributed by atoms with van der Waals surface area (Å²) in [6.45, 7) is 3.89. The number of esters is 1. The Morgan fingerprint density at radius 3 is 2.40 bits per heavy atom. The van der Waals surface area contributed by atoms with E-state index in [4.69, 9.17) is 4.74 Å². The highest BCUT2D eigenvalue weighted by Gasteiger charge is 2.16. The van der Waals surface area contributed by atoms with Crippen molar-refractivity contribution in [3.8, 4) is 0 Å². The van der Waals surface area contributed by atoms with Crippen LogP contribution in [0.4, 0.5) is 0 Å². The highest BCUT2D eigenvalue weighted by atomic mass is 16.5. The lowest BCUT2D eigenvalue weighted by Crippen LogP contribution is -2.17. The Hall–Kier alpha value is -3.21. The molecule has 3 rings (SSSR count). The number of fused-ring (bicyclic) bond motifs is 1. The molecule has 5 nitrogen and oxygen atoms in total. The zero-order chi connectivity index (χ0) is 18.0. The van der Waals surface area contributed by atoms with Crippen LogP contribution in [-0.4, -0.2) is 23.3 Å². The third-order valence-corrected chi connectivity index (χ3v) is 3.95. The molecule has 0 saturated heterocycles. The van der Waals surface area contributed by atoms with Crippen LogP contribution in [0.3, 0.4) is 0 Å². The Labute approximate surface area is 144 Å². The summed E-state index contributed by atoms with van der Waals surface area (Å²) in [6, 6.07) is 11.7. The maximum absolute atomic E-state index is 12.7. The SMILES string of the molecule is CCOC(=O)c1ccc2[nH]cc(C(=O)c3ccc(C)cc3)c(=O)c2c1. The van der Waals surface area contributed by atoms with Crippen molar-refractivity contribution in [1.29, 1.82) is 0 Å². The number of aromatic nitrogens is 1. The minimum atomic E-state index is -0.501. The zero-order valence-electron chi connectivity index (χ0n) is 14.0. The zero-order valence-corrected chi connectivity index (χ0v) is 14.0. The minimum absolute atomic E-state index is 0.0392. The summed E-state index contributed by atoms with van der Waals surface area (Å²) in [7, 11) is 0. The van der Waals surface area contributed by atoms with Crippen LogP contribution in [-0.2, 0) is 4.74 Å². The molecule has 1 aromatic heterocycles.